The van der Waals surface area contributed by atoms with E-state index in [1.54, 1.807) is 0 Å². The van der Waals surface area contributed by atoms with Gasteiger partial charge in [-0.05, 0) is 23.6 Å². The van der Waals surface area contributed by atoms with Crippen LogP contribution in [0.5, 0.6) is 0 Å². The van der Waals surface area contributed by atoms with E-state index in [0.29, 0.717) is 6.42 Å². The van der Waals surface area contributed by atoms with Crippen molar-refractivity contribution < 1.29 is 9.53 Å². The third-order valence-electron chi connectivity index (χ3n) is 4.23. The number of fused-ring (bicyclic) bond motifs is 1. The molecule has 0 spiro atoms. The van der Waals surface area contributed by atoms with E-state index in [1.165, 1.54) is 18.2 Å². The predicted octanol–water partition coefficient (Wildman–Crippen LogP) is 3.39. The second-order valence-electron chi connectivity index (χ2n) is 5.82. The number of esters is 1. The highest BCUT2D eigenvalue weighted by molar-refractivity contribution is 5.69. The van der Waals surface area contributed by atoms with Gasteiger partial charge in [0.1, 0.15) is 0 Å². The molecule has 23 heavy (non-hydrogen) atoms. The fourth-order valence-corrected chi connectivity index (χ4v) is 2.99. The molecular weight excluding hydrogens is 288 g/mol. The van der Waals surface area contributed by atoms with Crippen LogP contribution in [0.25, 0.3) is 0 Å². The summed E-state index contributed by atoms with van der Waals surface area (Å²) >= 11 is 0. The number of carbonyl (C=O) groups excluding carboxylic acids is 1. The SMILES string of the molecule is COC(=O)CCC1Nc2ccccc2CN1Cc1ccccc1. The molecule has 1 heterocycles. The van der Waals surface area contributed by atoms with Crippen molar-refractivity contribution in [1.82, 2.24) is 4.90 Å². The Kier molecular flexibility index (Phi) is 4.93. The number of methoxy groups -OCH3 is 1. The van der Waals surface area contributed by atoms with Crippen LogP contribution in [0, 0.1) is 0 Å². The highest BCUT2D eigenvalue weighted by Crippen LogP contribution is 2.28. The molecule has 0 bridgehead atoms. The normalized spacial score (nSPS) is 17.2. The average molecular weight is 310 g/mol. The van der Waals surface area contributed by atoms with Gasteiger partial charge in [-0.25, -0.2) is 0 Å². The van der Waals surface area contributed by atoms with Gasteiger partial charge in [-0.15, -0.1) is 0 Å². The molecule has 120 valence electrons. The molecule has 0 amide bonds. The molecular formula is C19H22N2O2. The molecule has 0 aromatic heterocycles. The zero-order valence-electron chi connectivity index (χ0n) is 13.4. The minimum absolute atomic E-state index is 0.129. The first-order valence-corrected chi connectivity index (χ1v) is 7.95. The molecule has 1 atom stereocenters. The monoisotopic (exact) mass is 310 g/mol. The molecule has 0 aliphatic carbocycles. The Labute approximate surface area is 137 Å². The third kappa shape index (κ3) is 3.90. The maximum atomic E-state index is 11.5. The summed E-state index contributed by atoms with van der Waals surface area (Å²) in [4.78, 5) is 13.9. The minimum atomic E-state index is -0.162. The van der Waals surface area contributed by atoms with E-state index in [4.69, 9.17) is 4.74 Å². The number of carbonyl (C=O) groups is 1. The van der Waals surface area contributed by atoms with Gasteiger partial charge in [-0.1, -0.05) is 48.5 Å². The average Bonchev–Trinajstić information content (AvgIpc) is 2.60. The number of hydrogen-bond acceptors (Lipinski definition) is 4. The van der Waals surface area contributed by atoms with Crippen LogP contribution >= 0.6 is 0 Å². The fourth-order valence-electron chi connectivity index (χ4n) is 2.99. The van der Waals surface area contributed by atoms with Crippen molar-refractivity contribution in [2.75, 3.05) is 12.4 Å². The van der Waals surface area contributed by atoms with Crippen LogP contribution in [0.15, 0.2) is 54.6 Å². The van der Waals surface area contributed by atoms with Crippen molar-refractivity contribution in [2.45, 2.75) is 32.1 Å². The van der Waals surface area contributed by atoms with Crippen LogP contribution < -0.4 is 5.32 Å². The number of nitrogens with zero attached hydrogens (tertiary/aromatic N) is 1. The quantitative estimate of drug-likeness (QED) is 0.860. The Morgan fingerprint density at radius 3 is 2.70 bits per heavy atom. The first kappa shape index (κ1) is 15.6. The zero-order valence-corrected chi connectivity index (χ0v) is 13.4. The molecule has 4 nitrogen and oxygen atoms in total. The highest BCUT2D eigenvalue weighted by atomic mass is 16.5. The number of nitrogens with one attached hydrogen (secondary N) is 1. The van der Waals surface area contributed by atoms with Gasteiger partial charge in [0.25, 0.3) is 0 Å². The summed E-state index contributed by atoms with van der Waals surface area (Å²) in [7, 11) is 1.44. The molecule has 3 rings (SSSR count). The van der Waals surface area contributed by atoms with Gasteiger partial charge in [0.15, 0.2) is 0 Å². The smallest absolute Gasteiger partial charge is 0.305 e. The van der Waals surface area contributed by atoms with E-state index in [2.05, 4.69) is 52.7 Å². The summed E-state index contributed by atoms with van der Waals surface area (Å²) in [6, 6.07) is 18.8. The minimum Gasteiger partial charge on any atom is -0.469 e. The van der Waals surface area contributed by atoms with Crippen molar-refractivity contribution in [3.63, 3.8) is 0 Å². The van der Waals surface area contributed by atoms with Crippen LogP contribution in [0.2, 0.25) is 0 Å². The largest absolute Gasteiger partial charge is 0.469 e. The van der Waals surface area contributed by atoms with Crippen LogP contribution in [-0.4, -0.2) is 24.1 Å². The molecule has 0 saturated heterocycles. The van der Waals surface area contributed by atoms with Crippen molar-refractivity contribution >= 4 is 11.7 Å². The molecule has 1 aliphatic rings. The molecule has 0 radical (unpaired) electrons. The van der Waals surface area contributed by atoms with Gasteiger partial charge in [-0.3, -0.25) is 9.69 Å². The number of ether oxygens (including phenoxy) is 1. The number of anilines is 1. The maximum absolute atomic E-state index is 11.5. The first-order valence-electron chi connectivity index (χ1n) is 7.95. The molecule has 4 heteroatoms. The maximum Gasteiger partial charge on any atom is 0.305 e. The Hall–Kier alpha value is -2.33. The molecule has 2 aromatic rings. The standard InChI is InChI=1S/C19H22N2O2/c1-23-19(22)12-11-18-20-17-10-6-5-9-16(17)14-21(18)13-15-7-3-2-4-8-15/h2-10,18,20H,11-14H2,1H3. The second-order valence-corrected chi connectivity index (χ2v) is 5.82. The lowest BCUT2D eigenvalue weighted by atomic mass is 10.0. The van der Waals surface area contributed by atoms with Crippen molar-refractivity contribution in [1.29, 1.82) is 0 Å². The van der Waals surface area contributed by atoms with E-state index in [1.807, 2.05) is 12.1 Å². The van der Waals surface area contributed by atoms with Gasteiger partial charge in [-0.2, -0.15) is 0 Å². The van der Waals surface area contributed by atoms with Crippen molar-refractivity contribution in [3.05, 3.63) is 65.7 Å². The van der Waals surface area contributed by atoms with Crippen LogP contribution in [0.1, 0.15) is 24.0 Å². The Bertz CT molecular complexity index is 657. The lowest BCUT2D eigenvalue weighted by Crippen LogP contribution is -2.43. The lowest BCUT2D eigenvalue weighted by Gasteiger charge is -2.38. The van der Waals surface area contributed by atoms with E-state index in [-0.39, 0.29) is 12.1 Å². The second kappa shape index (κ2) is 7.29. The molecule has 1 aliphatic heterocycles. The zero-order chi connectivity index (χ0) is 16.1. The first-order chi connectivity index (χ1) is 11.3. The van der Waals surface area contributed by atoms with E-state index >= 15 is 0 Å². The molecule has 0 saturated carbocycles. The summed E-state index contributed by atoms with van der Waals surface area (Å²) in [5.74, 6) is -0.162. The molecule has 2 aromatic carbocycles. The van der Waals surface area contributed by atoms with Crippen LogP contribution in [0.4, 0.5) is 5.69 Å². The van der Waals surface area contributed by atoms with E-state index in [9.17, 15) is 4.79 Å². The number of hydrogen-bond donors (Lipinski definition) is 1. The van der Waals surface area contributed by atoms with Gasteiger partial charge >= 0.3 is 5.97 Å². The van der Waals surface area contributed by atoms with Crippen LogP contribution in [-0.2, 0) is 22.6 Å². The van der Waals surface area contributed by atoms with Gasteiger partial charge in [0.05, 0.1) is 13.3 Å². The van der Waals surface area contributed by atoms with Gasteiger partial charge in [0, 0.05) is 25.2 Å². The Morgan fingerprint density at radius 2 is 1.91 bits per heavy atom. The molecule has 1 N–H and O–H groups in total. The summed E-state index contributed by atoms with van der Waals surface area (Å²) < 4.78 is 4.78. The third-order valence-corrected chi connectivity index (χ3v) is 4.23. The van der Waals surface area contributed by atoms with E-state index in [0.717, 1.165) is 25.2 Å². The van der Waals surface area contributed by atoms with E-state index < -0.39 is 0 Å². The molecule has 0 fully saturated rings. The van der Waals surface area contributed by atoms with Crippen molar-refractivity contribution in [3.8, 4) is 0 Å². The van der Waals surface area contributed by atoms with Crippen LogP contribution in [0.3, 0.4) is 0 Å². The highest BCUT2D eigenvalue weighted by Gasteiger charge is 2.25. The molecule has 1 unspecified atom stereocenters. The Balaban J connectivity index is 1.76. The summed E-state index contributed by atoms with van der Waals surface area (Å²) in [6.07, 6.45) is 1.28. The summed E-state index contributed by atoms with van der Waals surface area (Å²) in [6.45, 7) is 1.73. The van der Waals surface area contributed by atoms with Crippen molar-refractivity contribution in [2.24, 2.45) is 0 Å². The Morgan fingerprint density at radius 1 is 1.17 bits per heavy atom. The fraction of sp³-hybridized carbons (Fsp3) is 0.316. The lowest BCUT2D eigenvalue weighted by molar-refractivity contribution is -0.141. The number of benzene rings is 2. The van der Waals surface area contributed by atoms with Gasteiger partial charge < -0.3 is 10.1 Å². The summed E-state index contributed by atoms with van der Waals surface area (Å²) in [5, 5.41) is 3.56. The number of rotatable bonds is 5. The number of para-hydroxylation sites is 1. The van der Waals surface area contributed by atoms with Gasteiger partial charge in [0.2, 0.25) is 0 Å². The summed E-state index contributed by atoms with van der Waals surface area (Å²) in [5.41, 5.74) is 3.72. The topological polar surface area (TPSA) is 41.6 Å². The predicted molar refractivity (Wildman–Crippen MR) is 90.8 cm³/mol.